The average molecular weight is 406 g/mol. The van der Waals surface area contributed by atoms with Crippen molar-refractivity contribution in [3.8, 4) is 16.5 Å². The maximum absolute atomic E-state index is 12.4. The topological polar surface area (TPSA) is 74.5 Å². The number of aromatic nitrogens is 2. The van der Waals surface area contributed by atoms with E-state index < -0.39 is 12.1 Å². The Morgan fingerprint density at radius 1 is 1.03 bits per heavy atom. The Hall–Kier alpha value is -3.45. The number of esters is 1. The second kappa shape index (κ2) is 8.70. The number of nitrogens with zero attached hydrogens (tertiary/aromatic N) is 2. The highest BCUT2D eigenvalue weighted by molar-refractivity contribution is 7.13. The molecule has 0 aliphatic rings. The maximum atomic E-state index is 12.4. The van der Waals surface area contributed by atoms with Crippen LogP contribution >= 0.6 is 11.3 Å². The molecule has 0 aliphatic carbocycles. The summed E-state index contributed by atoms with van der Waals surface area (Å²) in [6.45, 7) is 2.16. The van der Waals surface area contributed by atoms with E-state index in [1.54, 1.807) is 31.2 Å². The van der Waals surface area contributed by atoms with Crippen LogP contribution in [-0.4, -0.2) is 16.2 Å². The van der Waals surface area contributed by atoms with Gasteiger partial charge in [0, 0.05) is 0 Å². The molecule has 2 aromatic carbocycles. The summed E-state index contributed by atoms with van der Waals surface area (Å²) in [6.07, 6.45) is -0.655. The average Bonchev–Trinajstić information content (AvgIpc) is 3.45. The quantitative estimate of drug-likeness (QED) is 0.388. The first-order valence-corrected chi connectivity index (χ1v) is 9.92. The van der Waals surface area contributed by atoms with Gasteiger partial charge >= 0.3 is 5.97 Å². The molecule has 2 heterocycles. The second-order valence-electron chi connectivity index (χ2n) is 6.27. The summed E-state index contributed by atoms with van der Waals surface area (Å²) >= 11 is 1.50. The van der Waals surface area contributed by atoms with Crippen molar-refractivity contribution in [1.29, 1.82) is 0 Å². The molecule has 0 unspecified atom stereocenters. The van der Waals surface area contributed by atoms with Gasteiger partial charge in [0.15, 0.2) is 6.10 Å². The van der Waals surface area contributed by atoms with E-state index in [0.29, 0.717) is 23.8 Å². The van der Waals surface area contributed by atoms with Crippen molar-refractivity contribution in [1.82, 2.24) is 10.2 Å². The molecule has 0 aliphatic heterocycles. The number of carbonyl (C=O) groups excluding carboxylic acids is 1. The van der Waals surface area contributed by atoms with Crippen LogP contribution in [0.5, 0.6) is 5.75 Å². The molecule has 29 heavy (non-hydrogen) atoms. The molecular formula is C22H18N2O4S. The smallest absolute Gasteiger partial charge is 0.338 e. The third-order valence-electron chi connectivity index (χ3n) is 4.14. The molecule has 0 N–H and O–H groups in total. The van der Waals surface area contributed by atoms with Gasteiger partial charge in [-0.1, -0.05) is 36.4 Å². The van der Waals surface area contributed by atoms with Gasteiger partial charge in [-0.3, -0.25) is 0 Å². The molecule has 6 nitrogen and oxygen atoms in total. The highest BCUT2D eigenvalue weighted by atomic mass is 32.1. The van der Waals surface area contributed by atoms with E-state index in [-0.39, 0.29) is 5.89 Å². The van der Waals surface area contributed by atoms with Crippen LogP contribution in [0.1, 0.15) is 34.8 Å². The zero-order valence-electron chi connectivity index (χ0n) is 15.6. The van der Waals surface area contributed by atoms with Crippen LogP contribution in [0.25, 0.3) is 10.8 Å². The molecular weight excluding hydrogens is 388 g/mol. The van der Waals surface area contributed by atoms with Gasteiger partial charge < -0.3 is 13.9 Å². The van der Waals surface area contributed by atoms with Crippen LogP contribution in [0.2, 0.25) is 0 Å². The molecule has 4 rings (SSSR count). The predicted octanol–water partition coefficient (Wildman–Crippen LogP) is 5.30. The van der Waals surface area contributed by atoms with Gasteiger partial charge in [0.05, 0.1) is 10.4 Å². The van der Waals surface area contributed by atoms with E-state index in [1.807, 2.05) is 47.8 Å². The minimum Gasteiger partial charge on any atom is -0.489 e. The van der Waals surface area contributed by atoms with Gasteiger partial charge in [0.2, 0.25) is 0 Å². The van der Waals surface area contributed by atoms with E-state index in [9.17, 15) is 4.79 Å². The van der Waals surface area contributed by atoms with Crippen molar-refractivity contribution in [3.05, 3.63) is 89.1 Å². The van der Waals surface area contributed by atoms with Crippen molar-refractivity contribution >= 4 is 17.3 Å². The van der Waals surface area contributed by atoms with Gasteiger partial charge in [-0.15, -0.1) is 21.5 Å². The van der Waals surface area contributed by atoms with E-state index >= 15 is 0 Å². The number of carbonyl (C=O) groups is 1. The van der Waals surface area contributed by atoms with Gasteiger partial charge in [-0.2, -0.15) is 0 Å². The van der Waals surface area contributed by atoms with Crippen molar-refractivity contribution in [2.75, 3.05) is 0 Å². The van der Waals surface area contributed by atoms with Crippen molar-refractivity contribution in [2.24, 2.45) is 0 Å². The summed E-state index contributed by atoms with van der Waals surface area (Å²) in [5.41, 5.74) is 1.49. The Morgan fingerprint density at radius 3 is 2.55 bits per heavy atom. The summed E-state index contributed by atoms with van der Waals surface area (Å²) in [6, 6.07) is 20.5. The van der Waals surface area contributed by atoms with Crippen LogP contribution in [-0.2, 0) is 11.3 Å². The van der Waals surface area contributed by atoms with Crippen LogP contribution in [0.3, 0.4) is 0 Å². The maximum Gasteiger partial charge on any atom is 0.338 e. The Labute approximate surface area is 171 Å². The second-order valence-corrected chi connectivity index (χ2v) is 7.22. The fraction of sp³-hybridized carbons (Fsp3) is 0.136. The molecule has 0 spiro atoms. The fourth-order valence-corrected chi connectivity index (χ4v) is 3.25. The zero-order chi connectivity index (χ0) is 20.1. The zero-order valence-corrected chi connectivity index (χ0v) is 16.5. The van der Waals surface area contributed by atoms with Crippen molar-refractivity contribution in [3.63, 3.8) is 0 Å². The number of rotatable bonds is 7. The van der Waals surface area contributed by atoms with E-state index in [1.165, 1.54) is 11.3 Å². The molecule has 1 atom stereocenters. The summed E-state index contributed by atoms with van der Waals surface area (Å²) < 4.78 is 16.8. The monoisotopic (exact) mass is 406 g/mol. The Bertz CT molecular complexity index is 1060. The lowest BCUT2D eigenvalue weighted by Gasteiger charge is -2.10. The lowest BCUT2D eigenvalue weighted by molar-refractivity contribution is 0.0280. The molecule has 0 bridgehead atoms. The first-order valence-electron chi connectivity index (χ1n) is 9.04. The molecule has 0 amide bonds. The van der Waals surface area contributed by atoms with Crippen LogP contribution < -0.4 is 4.74 Å². The third kappa shape index (κ3) is 4.70. The van der Waals surface area contributed by atoms with Crippen LogP contribution in [0, 0.1) is 0 Å². The molecule has 0 saturated carbocycles. The summed E-state index contributed by atoms with van der Waals surface area (Å²) in [4.78, 5) is 13.3. The Kier molecular flexibility index (Phi) is 5.67. The minimum absolute atomic E-state index is 0.254. The minimum atomic E-state index is -0.655. The third-order valence-corrected chi connectivity index (χ3v) is 5.00. The van der Waals surface area contributed by atoms with Crippen molar-refractivity contribution in [2.45, 2.75) is 19.6 Å². The lowest BCUT2D eigenvalue weighted by Crippen LogP contribution is -2.09. The summed E-state index contributed by atoms with van der Waals surface area (Å²) in [5.74, 6) is 0.876. The Morgan fingerprint density at radius 2 is 1.83 bits per heavy atom. The molecule has 0 saturated heterocycles. The molecule has 4 aromatic rings. The normalized spacial score (nSPS) is 11.8. The Balaban J connectivity index is 1.34. The number of thiophene rings is 1. The predicted molar refractivity (Wildman–Crippen MR) is 109 cm³/mol. The first kappa shape index (κ1) is 18.9. The largest absolute Gasteiger partial charge is 0.489 e. The molecule has 7 heteroatoms. The van der Waals surface area contributed by atoms with E-state index in [0.717, 1.165) is 10.4 Å². The van der Waals surface area contributed by atoms with Gasteiger partial charge in [-0.25, -0.2) is 4.79 Å². The fourth-order valence-electron chi connectivity index (χ4n) is 2.61. The molecule has 0 radical (unpaired) electrons. The van der Waals surface area contributed by atoms with Gasteiger partial charge in [0.1, 0.15) is 12.4 Å². The number of hydrogen-bond acceptors (Lipinski definition) is 7. The van der Waals surface area contributed by atoms with E-state index in [4.69, 9.17) is 13.9 Å². The number of ether oxygens (including phenoxy) is 2. The summed E-state index contributed by atoms with van der Waals surface area (Å²) in [7, 11) is 0. The van der Waals surface area contributed by atoms with E-state index in [2.05, 4.69) is 10.2 Å². The standard InChI is InChI=1S/C22H18N2O4S/c1-15(20-23-24-21(28-20)19-8-5-13-29-19)27-22(25)17-9-11-18(12-10-17)26-14-16-6-3-2-4-7-16/h2-13,15H,14H2,1H3/t15-/m1/s1. The van der Waals surface area contributed by atoms with Gasteiger partial charge in [0.25, 0.3) is 11.8 Å². The SMILES string of the molecule is C[C@@H](OC(=O)c1ccc(OCc2ccccc2)cc1)c1nnc(-c2cccs2)o1. The highest BCUT2D eigenvalue weighted by Crippen LogP contribution is 2.26. The molecule has 146 valence electrons. The van der Waals surface area contributed by atoms with Crippen LogP contribution in [0.4, 0.5) is 0 Å². The van der Waals surface area contributed by atoms with Crippen molar-refractivity contribution < 1.29 is 18.7 Å². The summed E-state index contributed by atoms with van der Waals surface area (Å²) in [5, 5.41) is 9.91. The highest BCUT2D eigenvalue weighted by Gasteiger charge is 2.20. The molecule has 0 fully saturated rings. The number of hydrogen-bond donors (Lipinski definition) is 0. The first-order chi connectivity index (χ1) is 14.2. The van der Waals surface area contributed by atoms with Crippen LogP contribution in [0.15, 0.2) is 76.5 Å². The lowest BCUT2D eigenvalue weighted by atomic mass is 10.2. The molecule has 2 aromatic heterocycles. The van der Waals surface area contributed by atoms with Gasteiger partial charge in [-0.05, 0) is 48.2 Å². The number of benzene rings is 2.